The van der Waals surface area contributed by atoms with Gasteiger partial charge in [0.25, 0.3) is 0 Å². The molecule has 0 aromatic carbocycles. The number of rotatable bonds is 9. The maximum Gasteiger partial charge on any atom is 0.243 e. The van der Waals surface area contributed by atoms with E-state index in [9.17, 15) is 4.79 Å². The number of nitrogens with zero attached hydrogens (tertiary/aromatic N) is 3. The highest BCUT2D eigenvalue weighted by Gasteiger charge is 2.34. The minimum atomic E-state index is -0.00664. The van der Waals surface area contributed by atoms with Crippen molar-refractivity contribution in [3.05, 3.63) is 24.2 Å². The molecular formula is C23H40IN5O3. The Morgan fingerprint density at radius 2 is 1.94 bits per heavy atom. The van der Waals surface area contributed by atoms with Crippen molar-refractivity contribution in [2.45, 2.75) is 38.5 Å². The van der Waals surface area contributed by atoms with Crippen LogP contribution in [-0.2, 0) is 16.0 Å². The molecule has 0 atom stereocenters. The molecule has 1 aliphatic heterocycles. The number of hydrogen-bond acceptors (Lipinski definition) is 5. The number of hydrogen-bond donors (Lipinski definition) is 2. The summed E-state index contributed by atoms with van der Waals surface area (Å²) < 4.78 is 11.0. The van der Waals surface area contributed by atoms with E-state index in [1.54, 1.807) is 25.3 Å². The Balaban J connectivity index is 0.00000363. The summed E-state index contributed by atoms with van der Waals surface area (Å²) in [4.78, 5) is 20.8. The van der Waals surface area contributed by atoms with Crippen LogP contribution in [0.3, 0.4) is 0 Å². The molecule has 3 rings (SSSR count). The smallest absolute Gasteiger partial charge is 0.243 e. The summed E-state index contributed by atoms with van der Waals surface area (Å²) in [5.41, 5.74) is 0.241. The number of guanidine groups is 1. The Morgan fingerprint density at radius 1 is 1.19 bits per heavy atom. The molecule has 2 heterocycles. The number of morpholine rings is 1. The second-order valence-corrected chi connectivity index (χ2v) is 9.01. The van der Waals surface area contributed by atoms with Gasteiger partial charge in [-0.1, -0.05) is 19.3 Å². The summed E-state index contributed by atoms with van der Waals surface area (Å²) in [6.07, 6.45) is 8.81. The summed E-state index contributed by atoms with van der Waals surface area (Å²) in [6, 6.07) is 3.87. The van der Waals surface area contributed by atoms with Crippen LogP contribution >= 0.6 is 24.0 Å². The Bertz CT molecular complexity index is 684. The van der Waals surface area contributed by atoms with Crippen molar-refractivity contribution in [2.24, 2.45) is 10.4 Å². The molecule has 0 radical (unpaired) electrons. The van der Waals surface area contributed by atoms with Gasteiger partial charge < -0.3 is 24.7 Å². The average Bonchev–Trinajstić information content (AvgIpc) is 3.30. The maximum atomic E-state index is 12.1. The zero-order valence-electron chi connectivity index (χ0n) is 19.6. The first-order valence-corrected chi connectivity index (χ1v) is 11.6. The third kappa shape index (κ3) is 8.90. The number of nitrogens with one attached hydrogen (secondary N) is 2. The van der Waals surface area contributed by atoms with E-state index < -0.39 is 0 Å². The van der Waals surface area contributed by atoms with Gasteiger partial charge in [0.15, 0.2) is 5.96 Å². The Labute approximate surface area is 209 Å². The molecule has 32 heavy (non-hydrogen) atoms. The first-order chi connectivity index (χ1) is 15.1. The standard InChI is InChI=1S/C23H39N5O3.HI/c1-27(2)21(29)17-25-22(24-11-8-20-7-6-14-31-20)26-18-23(9-4-3-5-10-23)19-28-12-15-30-16-13-28;/h6-7,14H,3-5,8-13,15-19H2,1-2H3,(H2,24,25,26);1H. The van der Waals surface area contributed by atoms with Gasteiger partial charge in [0.05, 0.1) is 19.5 Å². The lowest BCUT2D eigenvalue weighted by Crippen LogP contribution is -2.51. The molecular weight excluding hydrogens is 521 g/mol. The zero-order valence-corrected chi connectivity index (χ0v) is 21.9. The highest BCUT2D eigenvalue weighted by Crippen LogP contribution is 2.36. The van der Waals surface area contributed by atoms with Crippen molar-refractivity contribution in [2.75, 3.05) is 66.6 Å². The minimum Gasteiger partial charge on any atom is -0.469 e. The summed E-state index contributed by atoms with van der Waals surface area (Å²) in [5, 5.41) is 6.96. The van der Waals surface area contributed by atoms with Gasteiger partial charge >= 0.3 is 0 Å². The summed E-state index contributed by atoms with van der Waals surface area (Å²) in [5.74, 6) is 1.63. The highest BCUT2D eigenvalue weighted by molar-refractivity contribution is 14.0. The molecule has 182 valence electrons. The van der Waals surface area contributed by atoms with Crippen LogP contribution < -0.4 is 10.6 Å². The fourth-order valence-corrected chi connectivity index (χ4v) is 4.42. The molecule has 1 aromatic heterocycles. The van der Waals surface area contributed by atoms with Crippen LogP contribution in [-0.4, -0.2) is 88.2 Å². The van der Waals surface area contributed by atoms with Crippen molar-refractivity contribution in [1.82, 2.24) is 20.4 Å². The van der Waals surface area contributed by atoms with Crippen molar-refractivity contribution >= 4 is 35.8 Å². The maximum absolute atomic E-state index is 12.1. The molecule has 2 fully saturated rings. The lowest BCUT2D eigenvalue weighted by atomic mass is 9.73. The van der Waals surface area contributed by atoms with E-state index >= 15 is 0 Å². The van der Waals surface area contributed by atoms with E-state index in [4.69, 9.17) is 9.15 Å². The molecule has 1 saturated carbocycles. The molecule has 2 N–H and O–H groups in total. The molecule has 1 amide bonds. The Hall–Kier alpha value is -1.33. The fourth-order valence-electron chi connectivity index (χ4n) is 4.42. The molecule has 0 spiro atoms. The van der Waals surface area contributed by atoms with Crippen LogP contribution in [0, 0.1) is 5.41 Å². The van der Waals surface area contributed by atoms with Gasteiger partial charge in [-0.2, -0.15) is 0 Å². The van der Waals surface area contributed by atoms with Crippen LogP contribution in [0.25, 0.3) is 0 Å². The molecule has 1 aromatic rings. The van der Waals surface area contributed by atoms with Crippen molar-refractivity contribution in [1.29, 1.82) is 0 Å². The predicted octanol–water partition coefficient (Wildman–Crippen LogP) is 2.35. The number of amides is 1. The van der Waals surface area contributed by atoms with Crippen molar-refractivity contribution < 1.29 is 13.9 Å². The van der Waals surface area contributed by atoms with E-state index in [2.05, 4.69) is 20.5 Å². The van der Waals surface area contributed by atoms with Gasteiger partial charge in [0, 0.05) is 58.7 Å². The van der Waals surface area contributed by atoms with Crippen molar-refractivity contribution in [3.8, 4) is 0 Å². The Morgan fingerprint density at radius 3 is 2.59 bits per heavy atom. The molecule has 1 aliphatic carbocycles. The van der Waals surface area contributed by atoms with Gasteiger partial charge in [-0.3, -0.25) is 9.69 Å². The molecule has 0 bridgehead atoms. The molecule has 2 aliphatic rings. The Kier molecular flexibility index (Phi) is 11.8. The number of halogens is 1. The molecule has 9 heteroatoms. The van der Waals surface area contributed by atoms with E-state index in [0.29, 0.717) is 12.5 Å². The van der Waals surface area contributed by atoms with Crippen LogP contribution in [0.15, 0.2) is 27.8 Å². The average molecular weight is 562 g/mol. The number of aliphatic imine (C=N–C) groups is 1. The number of furan rings is 1. The number of carbonyl (C=O) groups is 1. The quantitative estimate of drug-likeness (QED) is 0.274. The van der Waals surface area contributed by atoms with Crippen LogP contribution in [0.5, 0.6) is 0 Å². The van der Waals surface area contributed by atoms with E-state index in [1.165, 1.54) is 32.1 Å². The van der Waals surface area contributed by atoms with Gasteiger partial charge in [0.1, 0.15) is 12.3 Å². The topological polar surface area (TPSA) is 82.3 Å². The van der Waals surface area contributed by atoms with Gasteiger partial charge in [-0.25, -0.2) is 4.99 Å². The SMILES string of the molecule is CN(C)C(=O)CN=C(NCCc1ccco1)NCC1(CN2CCOCC2)CCCCC1.I. The minimum absolute atomic E-state index is 0. The summed E-state index contributed by atoms with van der Waals surface area (Å²) in [7, 11) is 3.52. The monoisotopic (exact) mass is 561 g/mol. The van der Waals surface area contributed by atoms with E-state index in [1.807, 2.05) is 12.1 Å². The molecule has 0 unspecified atom stereocenters. The third-order valence-electron chi connectivity index (χ3n) is 6.32. The van der Waals surface area contributed by atoms with Gasteiger partial charge in [-0.05, 0) is 25.0 Å². The zero-order chi connectivity index (χ0) is 21.9. The third-order valence-corrected chi connectivity index (χ3v) is 6.32. The number of carbonyl (C=O) groups excluding carboxylic acids is 1. The van der Waals surface area contributed by atoms with Crippen LogP contribution in [0.4, 0.5) is 0 Å². The van der Waals surface area contributed by atoms with E-state index in [-0.39, 0.29) is 41.8 Å². The second kappa shape index (κ2) is 14.0. The fraction of sp³-hybridized carbons (Fsp3) is 0.739. The highest BCUT2D eigenvalue weighted by atomic mass is 127. The van der Waals surface area contributed by atoms with Crippen LogP contribution in [0.1, 0.15) is 37.9 Å². The second-order valence-electron chi connectivity index (χ2n) is 9.01. The van der Waals surface area contributed by atoms with E-state index in [0.717, 1.165) is 51.6 Å². The summed E-state index contributed by atoms with van der Waals surface area (Å²) in [6.45, 7) is 6.50. The lowest BCUT2D eigenvalue weighted by molar-refractivity contribution is -0.127. The largest absolute Gasteiger partial charge is 0.469 e. The molecule has 8 nitrogen and oxygen atoms in total. The first-order valence-electron chi connectivity index (χ1n) is 11.6. The summed E-state index contributed by atoms with van der Waals surface area (Å²) >= 11 is 0. The lowest BCUT2D eigenvalue weighted by Gasteiger charge is -2.42. The predicted molar refractivity (Wildman–Crippen MR) is 138 cm³/mol. The van der Waals surface area contributed by atoms with Crippen LogP contribution in [0.2, 0.25) is 0 Å². The van der Waals surface area contributed by atoms with Gasteiger partial charge in [0.2, 0.25) is 5.91 Å². The number of likely N-dealkylation sites (N-methyl/N-ethyl adjacent to an activating group) is 1. The van der Waals surface area contributed by atoms with Gasteiger partial charge in [-0.15, -0.1) is 24.0 Å². The van der Waals surface area contributed by atoms with Crippen molar-refractivity contribution in [3.63, 3.8) is 0 Å². The molecule has 1 saturated heterocycles. The number of ether oxygens (including phenoxy) is 1. The first kappa shape index (κ1) is 26.9. The normalized spacial score (nSPS) is 19.1.